The zero-order valence-corrected chi connectivity index (χ0v) is 10.3. The zero-order valence-electron chi connectivity index (χ0n) is 9.51. The molecule has 1 N–H and O–H groups in total. The van der Waals surface area contributed by atoms with Gasteiger partial charge in [-0.2, -0.15) is 4.72 Å². The van der Waals surface area contributed by atoms with E-state index in [4.69, 9.17) is 4.74 Å². The molecule has 6 heteroatoms. The monoisotopic (exact) mass is 254 g/mol. The summed E-state index contributed by atoms with van der Waals surface area (Å²) in [6, 6.07) is 5.68. The van der Waals surface area contributed by atoms with Gasteiger partial charge in [-0.1, -0.05) is 0 Å². The zero-order chi connectivity index (χ0) is 12.0. The number of nitrogens with one attached hydrogen (secondary N) is 1. The summed E-state index contributed by atoms with van der Waals surface area (Å²) in [7, 11) is -1.85. The minimum Gasteiger partial charge on any atom is -0.497 e. The molecule has 0 amide bonds. The molecule has 0 radical (unpaired) electrons. The fourth-order valence-corrected chi connectivity index (χ4v) is 3.30. The molecule has 1 aromatic carbocycles. The van der Waals surface area contributed by atoms with E-state index in [0.717, 1.165) is 18.5 Å². The minimum atomic E-state index is -3.38. The Hall–Kier alpha value is -1.27. The molecular weight excluding hydrogens is 240 g/mol. The van der Waals surface area contributed by atoms with E-state index in [1.165, 1.54) is 7.11 Å². The van der Waals surface area contributed by atoms with Crippen molar-refractivity contribution in [2.45, 2.75) is 23.8 Å². The second kappa shape index (κ2) is 3.61. The molecule has 17 heavy (non-hydrogen) atoms. The van der Waals surface area contributed by atoms with Crippen LogP contribution < -0.4 is 14.4 Å². The molecule has 0 aromatic heterocycles. The molecule has 92 valence electrons. The Labute approximate surface area is 100 Å². The average molecular weight is 254 g/mol. The Balaban J connectivity index is 2.13. The fourth-order valence-electron chi connectivity index (χ4n) is 2.10. The minimum absolute atomic E-state index is 0.315. The van der Waals surface area contributed by atoms with E-state index in [9.17, 15) is 8.42 Å². The number of methoxy groups -OCH3 is 1. The van der Waals surface area contributed by atoms with Crippen molar-refractivity contribution in [1.82, 2.24) is 4.72 Å². The lowest BCUT2D eigenvalue weighted by Gasteiger charge is -2.31. The van der Waals surface area contributed by atoms with E-state index < -0.39 is 10.0 Å². The van der Waals surface area contributed by atoms with Crippen LogP contribution in [0.15, 0.2) is 23.1 Å². The highest BCUT2D eigenvalue weighted by molar-refractivity contribution is 7.89. The van der Waals surface area contributed by atoms with Crippen molar-refractivity contribution in [3.63, 3.8) is 0 Å². The van der Waals surface area contributed by atoms with E-state index in [0.29, 0.717) is 23.4 Å². The molecule has 0 spiro atoms. The summed E-state index contributed by atoms with van der Waals surface area (Å²) in [5.74, 6) is 0.562. The molecule has 1 aliphatic carbocycles. The van der Waals surface area contributed by atoms with E-state index in [1.54, 1.807) is 12.1 Å². The van der Waals surface area contributed by atoms with Crippen molar-refractivity contribution in [3.05, 3.63) is 18.2 Å². The van der Waals surface area contributed by atoms with Crippen LogP contribution >= 0.6 is 0 Å². The molecule has 1 aliphatic heterocycles. The number of ether oxygens (including phenoxy) is 1. The van der Waals surface area contributed by atoms with Crippen molar-refractivity contribution in [3.8, 4) is 5.75 Å². The van der Waals surface area contributed by atoms with Gasteiger partial charge in [0, 0.05) is 12.1 Å². The third-order valence-corrected chi connectivity index (χ3v) is 4.59. The maximum Gasteiger partial charge on any atom is 0.244 e. The second-order valence-electron chi connectivity index (χ2n) is 4.34. The van der Waals surface area contributed by atoms with Crippen LogP contribution in [0.1, 0.15) is 12.8 Å². The van der Waals surface area contributed by atoms with Gasteiger partial charge in [0.05, 0.1) is 19.5 Å². The largest absolute Gasteiger partial charge is 0.497 e. The lowest BCUT2D eigenvalue weighted by atomic mass is 10.2. The third-order valence-electron chi connectivity index (χ3n) is 3.18. The maximum absolute atomic E-state index is 11.9. The lowest BCUT2D eigenvalue weighted by Crippen LogP contribution is -2.44. The number of hydrogen-bond acceptors (Lipinski definition) is 4. The Morgan fingerprint density at radius 2 is 2.18 bits per heavy atom. The molecule has 0 unspecified atom stereocenters. The summed E-state index contributed by atoms with van der Waals surface area (Å²) in [6.45, 7) is 0.367. The molecule has 5 nitrogen and oxygen atoms in total. The fraction of sp³-hybridized carbons (Fsp3) is 0.455. The topological polar surface area (TPSA) is 58.6 Å². The van der Waals surface area contributed by atoms with Gasteiger partial charge in [-0.15, -0.1) is 0 Å². The SMILES string of the molecule is COc1ccc2c(c1)S(=O)(=O)NCN2C1CC1. The highest BCUT2D eigenvalue weighted by atomic mass is 32.2. The van der Waals surface area contributed by atoms with Crippen molar-refractivity contribution >= 4 is 15.7 Å². The summed E-state index contributed by atoms with van der Waals surface area (Å²) in [5.41, 5.74) is 0.784. The molecule has 2 aliphatic rings. The number of hydrogen-bond donors (Lipinski definition) is 1. The van der Waals surface area contributed by atoms with Crippen molar-refractivity contribution in [1.29, 1.82) is 0 Å². The number of benzene rings is 1. The molecule has 3 rings (SSSR count). The van der Waals surface area contributed by atoms with Crippen molar-refractivity contribution in [2.24, 2.45) is 0 Å². The molecule has 1 fully saturated rings. The van der Waals surface area contributed by atoms with Crippen LogP contribution in [0.25, 0.3) is 0 Å². The van der Waals surface area contributed by atoms with Crippen molar-refractivity contribution in [2.75, 3.05) is 18.7 Å². The van der Waals surface area contributed by atoms with Gasteiger partial charge in [0.25, 0.3) is 0 Å². The van der Waals surface area contributed by atoms with Gasteiger partial charge in [0.1, 0.15) is 10.6 Å². The van der Waals surface area contributed by atoms with E-state index in [-0.39, 0.29) is 0 Å². The maximum atomic E-state index is 11.9. The van der Waals surface area contributed by atoms with Gasteiger partial charge >= 0.3 is 0 Å². The van der Waals surface area contributed by atoms with Gasteiger partial charge in [-0.05, 0) is 25.0 Å². The summed E-state index contributed by atoms with van der Waals surface area (Å²) in [5, 5.41) is 0. The quantitative estimate of drug-likeness (QED) is 0.852. The van der Waals surface area contributed by atoms with Crippen LogP contribution in [-0.2, 0) is 10.0 Å². The second-order valence-corrected chi connectivity index (χ2v) is 6.08. The van der Waals surface area contributed by atoms with E-state index >= 15 is 0 Å². The number of fused-ring (bicyclic) bond motifs is 1. The molecule has 0 saturated heterocycles. The molecule has 0 bridgehead atoms. The Kier molecular flexibility index (Phi) is 2.31. The van der Waals surface area contributed by atoms with E-state index in [1.807, 2.05) is 6.07 Å². The number of anilines is 1. The molecular formula is C11H14N2O3S. The normalized spacial score (nSPS) is 22.1. The Morgan fingerprint density at radius 1 is 1.41 bits per heavy atom. The Bertz CT molecular complexity index is 552. The van der Waals surface area contributed by atoms with E-state index in [2.05, 4.69) is 9.62 Å². The number of sulfonamides is 1. The predicted molar refractivity (Wildman–Crippen MR) is 63.7 cm³/mol. The summed E-state index contributed by atoms with van der Waals surface area (Å²) >= 11 is 0. The molecule has 1 heterocycles. The van der Waals surface area contributed by atoms with Gasteiger partial charge in [0.2, 0.25) is 10.0 Å². The summed E-state index contributed by atoms with van der Waals surface area (Å²) in [6.07, 6.45) is 2.26. The van der Waals surface area contributed by atoms with Gasteiger partial charge < -0.3 is 9.64 Å². The van der Waals surface area contributed by atoms with Crippen LogP contribution in [-0.4, -0.2) is 28.2 Å². The Morgan fingerprint density at radius 3 is 2.82 bits per heavy atom. The average Bonchev–Trinajstić information content (AvgIpc) is 3.13. The first-order chi connectivity index (χ1) is 8.12. The van der Waals surface area contributed by atoms with Crippen LogP contribution in [0.3, 0.4) is 0 Å². The summed E-state index contributed by atoms with van der Waals surface area (Å²) < 4.78 is 31.5. The molecule has 1 saturated carbocycles. The van der Waals surface area contributed by atoms with Gasteiger partial charge in [-0.25, -0.2) is 8.42 Å². The predicted octanol–water partition coefficient (Wildman–Crippen LogP) is 0.913. The third kappa shape index (κ3) is 1.77. The highest BCUT2D eigenvalue weighted by Gasteiger charge is 2.36. The highest BCUT2D eigenvalue weighted by Crippen LogP contribution is 2.38. The lowest BCUT2D eigenvalue weighted by molar-refractivity contribution is 0.413. The van der Waals surface area contributed by atoms with Crippen LogP contribution in [0, 0.1) is 0 Å². The first-order valence-corrected chi connectivity index (χ1v) is 7.04. The van der Waals surface area contributed by atoms with Crippen LogP contribution in [0.4, 0.5) is 5.69 Å². The first-order valence-electron chi connectivity index (χ1n) is 5.56. The van der Waals surface area contributed by atoms with Crippen LogP contribution in [0.2, 0.25) is 0 Å². The standard InChI is InChI=1S/C11H14N2O3S/c1-16-9-4-5-10-11(6-9)17(14,15)12-7-13(10)8-2-3-8/h4-6,8,12H,2-3,7H2,1H3. The smallest absolute Gasteiger partial charge is 0.244 e. The van der Waals surface area contributed by atoms with Gasteiger partial charge in [-0.3, -0.25) is 0 Å². The summed E-state index contributed by atoms with van der Waals surface area (Å²) in [4.78, 5) is 2.42. The van der Waals surface area contributed by atoms with Crippen molar-refractivity contribution < 1.29 is 13.2 Å². The number of rotatable bonds is 2. The van der Waals surface area contributed by atoms with Crippen LogP contribution in [0.5, 0.6) is 5.75 Å². The number of nitrogens with zero attached hydrogens (tertiary/aromatic N) is 1. The van der Waals surface area contributed by atoms with Gasteiger partial charge in [0.15, 0.2) is 0 Å². The first kappa shape index (κ1) is 10.9. The molecule has 0 atom stereocenters. The molecule has 1 aromatic rings.